The van der Waals surface area contributed by atoms with Gasteiger partial charge in [-0.05, 0) is 32.4 Å². The molecule has 4 heterocycles. The van der Waals surface area contributed by atoms with Crippen molar-refractivity contribution in [3.63, 3.8) is 0 Å². The minimum Gasteiger partial charge on any atom is -0.469 e. The number of methoxy groups -OCH3 is 1. The molecule has 5 aliphatic rings. The van der Waals surface area contributed by atoms with Gasteiger partial charge in [-0.25, -0.2) is 4.79 Å². The molecule has 6 bridgehead atoms. The Kier molecular flexibility index (Phi) is 14.0. The number of fused-ring (bicyclic) bond motifs is 7. The third-order valence-corrected chi connectivity index (χ3v) is 13.8. The van der Waals surface area contributed by atoms with Gasteiger partial charge >= 0.3 is 53.7 Å². The van der Waals surface area contributed by atoms with Gasteiger partial charge in [0.1, 0.15) is 53.7 Å². The predicted octanol–water partition coefficient (Wildman–Crippen LogP) is 1.17. The Labute approximate surface area is 384 Å². The molecule has 1 N–H and O–H groups in total. The molecule has 22 heteroatoms. The number of rotatable bonds is 6. The third kappa shape index (κ3) is 8.50. The second kappa shape index (κ2) is 18.6. The Hall–Kier alpha value is -6.03. The van der Waals surface area contributed by atoms with Crippen molar-refractivity contribution in [1.29, 1.82) is 0 Å². The van der Waals surface area contributed by atoms with Crippen LogP contribution in [-0.2, 0) is 90.5 Å². The van der Waals surface area contributed by atoms with Gasteiger partial charge in [-0.2, -0.15) is 0 Å². The van der Waals surface area contributed by atoms with Gasteiger partial charge in [0.2, 0.25) is 0 Å². The van der Waals surface area contributed by atoms with Crippen LogP contribution in [0.15, 0.2) is 18.3 Å². The second-order valence-corrected chi connectivity index (χ2v) is 18.2. The first kappa shape index (κ1) is 50.4. The highest BCUT2D eigenvalue weighted by atomic mass is 16.7. The molecule has 2 spiro atoms. The number of ether oxygens (including phenoxy) is 10. The van der Waals surface area contributed by atoms with Crippen LogP contribution in [0.4, 0.5) is 0 Å². The van der Waals surface area contributed by atoms with Crippen LogP contribution in [0.25, 0.3) is 0 Å². The maximum atomic E-state index is 14.6. The van der Waals surface area contributed by atoms with Crippen LogP contribution in [-0.4, -0.2) is 143 Å². The van der Waals surface area contributed by atoms with Gasteiger partial charge in [0.15, 0.2) is 30.0 Å². The molecule has 3 aliphatic heterocycles. The number of hydrogen-bond donors (Lipinski definition) is 1. The largest absolute Gasteiger partial charge is 0.469 e. The molecule has 15 atom stereocenters. The van der Waals surface area contributed by atoms with Crippen LogP contribution in [0.2, 0.25) is 0 Å². The summed E-state index contributed by atoms with van der Waals surface area (Å²) in [5, 5.41) is 13.7. The number of pyridine rings is 1. The number of aromatic nitrogens is 1. The zero-order valence-corrected chi connectivity index (χ0v) is 38.7. The zero-order chi connectivity index (χ0) is 49.7. The number of carbonyl (C=O) groups is 10. The third-order valence-electron chi connectivity index (χ3n) is 13.8. The minimum atomic E-state index is -2.98. The summed E-state index contributed by atoms with van der Waals surface area (Å²) in [6.45, 7) is 8.31. The predicted molar refractivity (Wildman–Crippen MR) is 217 cm³/mol. The van der Waals surface area contributed by atoms with Crippen molar-refractivity contribution in [2.75, 3.05) is 20.3 Å². The van der Waals surface area contributed by atoms with E-state index in [-0.39, 0.29) is 17.7 Å². The van der Waals surface area contributed by atoms with Gasteiger partial charge in [0.25, 0.3) is 0 Å². The van der Waals surface area contributed by atoms with Crippen molar-refractivity contribution < 1.29 is 100 Å². The lowest BCUT2D eigenvalue weighted by atomic mass is 9.45. The lowest BCUT2D eigenvalue weighted by Gasteiger charge is -2.67. The smallest absolute Gasteiger partial charge is 0.340 e. The molecule has 22 nitrogen and oxygen atoms in total. The topological polar surface area (TPSA) is 296 Å². The van der Waals surface area contributed by atoms with Crippen molar-refractivity contribution in [3.8, 4) is 0 Å². The summed E-state index contributed by atoms with van der Waals surface area (Å²) in [7, 11) is 1.01. The molecule has 0 amide bonds. The van der Waals surface area contributed by atoms with E-state index in [9.17, 15) is 53.1 Å². The van der Waals surface area contributed by atoms with Crippen molar-refractivity contribution in [2.24, 2.45) is 29.1 Å². The standard InChI is InChI=1S/C45H55NO21/c1-19-13-14-28(51)27(16-29(52)58-10)41(56)60-18-44-36(63-24(6)49)32(65-38(19)53)30-34(62-23(5)48)45(44)43(9,57)35(33(61-22(4)47)37(44)64-25(7)50)66-39(54)21(3)20(2)31-26(12-11-15-46-31)40(55)59-17-42(30,8)67-45/h11-12,15,19-21,27,30,32-37,57H,13-14,16-18H2,1-10H3/t19-,20-,21+,27+,30+,32+,33-,34+,35-,36+,37-,42-,43-,44+,45-/m0/s1. The van der Waals surface area contributed by atoms with E-state index in [2.05, 4.69) is 4.98 Å². The fraction of sp³-hybridized carbons (Fsp3) is 0.667. The number of ketones is 1. The Morgan fingerprint density at radius 3 is 2.00 bits per heavy atom. The SMILES string of the molecule is COC(=O)C[C@@H]1C(=O)CC[C@H](C)C(=O)O[C@@H]2[C@@H]3[C@@H](OC(C)=O)[C@@]45O[C@@]3(C)COC(=O)c3cccnc3[C@@H](C)[C@@H](C)C(=O)O[C@@H]([C@H](OC(C)=O)[C@H](OC(C)=O)[C@@]4(COC1=O)[C@@H]2OC(C)=O)[C@]5(C)O. The molecule has 0 radical (unpaired) electrons. The van der Waals surface area contributed by atoms with E-state index in [1.54, 1.807) is 6.92 Å². The van der Waals surface area contributed by atoms with Crippen molar-refractivity contribution >= 4 is 59.5 Å². The highest BCUT2D eigenvalue weighted by Crippen LogP contribution is 2.70. The van der Waals surface area contributed by atoms with E-state index in [4.69, 9.17) is 47.4 Å². The van der Waals surface area contributed by atoms with E-state index in [0.717, 1.165) is 41.7 Å². The Bertz CT molecular complexity index is 2240. The maximum absolute atomic E-state index is 14.6. The Morgan fingerprint density at radius 1 is 0.776 bits per heavy atom. The normalized spacial score (nSPS) is 38.6. The number of cyclic esters (lactones) is 2. The number of esters is 9. The van der Waals surface area contributed by atoms with E-state index in [1.807, 2.05) is 0 Å². The fourth-order valence-corrected chi connectivity index (χ4v) is 10.6. The molecule has 2 aliphatic carbocycles. The molecule has 4 fully saturated rings. The van der Waals surface area contributed by atoms with Crippen LogP contribution in [0.5, 0.6) is 0 Å². The number of carbonyl (C=O) groups excluding carboxylic acids is 10. The maximum Gasteiger partial charge on any atom is 0.340 e. The van der Waals surface area contributed by atoms with E-state index in [0.29, 0.717) is 0 Å². The summed E-state index contributed by atoms with van der Waals surface area (Å²) in [6, 6.07) is 2.84. The number of aliphatic hydroxyl groups is 1. The van der Waals surface area contributed by atoms with Crippen LogP contribution in [0.3, 0.4) is 0 Å². The number of Topliss-reactive ketones (excluding diaryl/α,β-unsaturated/α-hetero) is 1. The zero-order valence-electron chi connectivity index (χ0n) is 38.7. The molecule has 1 aromatic heterocycles. The second-order valence-electron chi connectivity index (χ2n) is 18.2. The highest BCUT2D eigenvalue weighted by Gasteiger charge is 2.92. The minimum absolute atomic E-state index is 0.0891. The molecular formula is C45H55NO21. The first-order valence-corrected chi connectivity index (χ1v) is 21.7. The summed E-state index contributed by atoms with van der Waals surface area (Å²) < 4.78 is 60.5. The summed E-state index contributed by atoms with van der Waals surface area (Å²) in [4.78, 5) is 143. The Balaban J connectivity index is 1.81. The highest BCUT2D eigenvalue weighted by molar-refractivity contribution is 6.01. The van der Waals surface area contributed by atoms with Crippen molar-refractivity contribution in [3.05, 3.63) is 29.6 Å². The van der Waals surface area contributed by atoms with Crippen LogP contribution in [0, 0.1) is 29.1 Å². The van der Waals surface area contributed by atoms with Gasteiger partial charge in [0, 0.05) is 46.2 Å². The summed E-state index contributed by atoms with van der Waals surface area (Å²) >= 11 is 0. The van der Waals surface area contributed by atoms with Crippen LogP contribution in [0.1, 0.15) is 104 Å². The van der Waals surface area contributed by atoms with Crippen molar-refractivity contribution in [2.45, 2.75) is 141 Å². The lowest BCUT2D eigenvalue weighted by Crippen LogP contribution is -2.89. The first-order chi connectivity index (χ1) is 31.3. The van der Waals surface area contributed by atoms with Gasteiger partial charge < -0.3 is 52.5 Å². The summed E-state index contributed by atoms with van der Waals surface area (Å²) in [5.41, 5.74) is -11.0. The van der Waals surface area contributed by atoms with Gasteiger partial charge in [-0.3, -0.25) is 48.1 Å². The Morgan fingerprint density at radius 2 is 1.39 bits per heavy atom. The average molecular weight is 946 g/mol. The molecule has 2 saturated carbocycles. The summed E-state index contributed by atoms with van der Waals surface area (Å²) in [6.07, 6.45) is -13.2. The molecule has 2 saturated heterocycles. The molecular weight excluding hydrogens is 890 g/mol. The number of hydrogen-bond acceptors (Lipinski definition) is 22. The number of nitrogens with zero attached hydrogens (tertiary/aromatic N) is 1. The lowest BCUT2D eigenvalue weighted by molar-refractivity contribution is -0.387. The van der Waals surface area contributed by atoms with Crippen molar-refractivity contribution in [1.82, 2.24) is 4.98 Å². The van der Waals surface area contributed by atoms with Crippen LogP contribution < -0.4 is 0 Å². The van der Waals surface area contributed by atoms with Gasteiger partial charge in [0.05, 0.1) is 42.5 Å². The fourth-order valence-electron chi connectivity index (χ4n) is 10.6. The molecule has 1 aromatic rings. The molecule has 0 aromatic carbocycles. The quantitative estimate of drug-likeness (QED) is 0.238. The van der Waals surface area contributed by atoms with Gasteiger partial charge in [-0.15, -0.1) is 0 Å². The molecule has 0 unspecified atom stereocenters. The first-order valence-electron chi connectivity index (χ1n) is 21.7. The van der Waals surface area contributed by atoms with E-state index >= 15 is 0 Å². The average Bonchev–Trinajstić information content (AvgIpc) is 3.47. The molecule has 366 valence electrons. The van der Waals surface area contributed by atoms with Gasteiger partial charge in [-0.1, -0.05) is 20.8 Å². The summed E-state index contributed by atoms with van der Waals surface area (Å²) in [5.74, 6) is -17.9. The van der Waals surface area contributed by atoms with E-state index < -0.39 is 174 Å². The van der Waals surface area contributed by atoms with E-state index in [1.165, 1.54) is 39.1 Å². The van der Waals surface area contributed by atoms with Crippen LogP contribution >= 0.6 is 0 Å². The molecule has 67 heavy (non-hydrogen) atoms. The monoisotopic (exact) mass is 945 g/mol. The molecule has 6 rings (SSSR count).